The van der Waals surface area contributed by atoms with Crippen LogP contribution in [0.15, 0.2) is 47.4 Å². The number of carbonyl (C=O) groups is 2. The molecule has 1 heterocycles. The Kier molecular flexibility index (Phi) is 8.65. The molecule has 0 aliphatic carbocycles. The summed E-state index contributed by atoms with van der Waals surface area (Å²) in [5, 5.41) is 8.98. The first-order chi connectivity index (χ1) is 16.6. The summed E-state index contributed by atoms with van der Waals surface area (Å²) in [6.07, 6.45) is 1.79. The molecule has 0 bridgehead atoms. The second kappa shape index (κ2) is 11.5. The molecule has 9 heteroatoms. The number of nitrogens with zero attached hydrogens (tertiary/aromatic N) is 3. The Balaban J connectivity index is 1.65. The molecular formula is C26H31N3O5S. The van der Waals surface area contributed by atoms with Gasteiger partial charge in [-0.2, -0.15) is 9.57 Å². The zero-order chi connectivity index (χ0) is 25.6. The highest BCUT2D eigenvalue weighted by Crippen LogP contribution is 2.24. The van der Waals surface area contributed by atoms with Gasteiger partial charge in [0.25, 0.3) is 5.91 Å². The Labute approximate surface area is 207 Å². The summed E-state index contributed by atoms with van der Waals surface area (Å²) in [5.41, 5.74) is 2.74. The fraction of sp³-hybridized carbons (Fsp3) is 0.423. The number of hydrogen-bond acceptors (Lipinski definition) is 6. The Morgan fingerprint density at radius 2 is 1.69 bits per heavy atom. The van der Waals surface area contributed by atoms with E-state index in [0.29, 0.717) is 24.7 Å². The molecular weight excluding hydrogens is 466 g/mol. The number of amides is 1. The predicted octanol–water partition coefficient (Wildman–Crippen LogP) is 3.83. The molecule has 1 aliphatic heterocycles. The van der Waals surface area contributed by atoms with Crippen molar-refractivity contribution < 1.29 is 22.7 Å². The molecule has 35 heavy (non-hydrogen) atoms. The van der Waals surface area contributed by atoms with E-state index in [1.54, 1.807) is 0 Å². The van der Waals surface area contributed by atoms with Crippen molar-refractivity contribution in [1.82, 2.24) is 4.31 Å². The highest BCUT2D eigenvalue weighted by atomic mass is 32.2. The summed E-state index contributed by atoms with van der Waals surface area (Å²) >= 11 is 0. The van der Waals surface area contributed by atoms with Crippen molar-refractivity contribution in [3.8, 4) is 6.07 Å². The zero-order valence-electron chi connectivity index (χ0n) is 20.4. The monoisotopic (exact) mass is 497 g/mol. The van der Waals surface area contributed by atoms with Gasteiger partial charge < -0.3 is 9.64 Å². The van der Waals surface area contributed by atoms with E-state index in [9.17, 15) is 18.0 Å². The van der Waals surface area contributed by atoms with Crippen molar-refractivity contribution in [1.29, 1.82) is 5.26 Å². The number of piperidine rings is 1. The number of ether oxygens (including phenoxy) is 1. The standard InChI is InChI=1S/C26H31N3O5S/c1-19-9-13-28(14-10-19)35(32,33)24-7-5-22(6-8-24)26(31)34-18-25(30)29(12-4-11-27)23-16-20(2)15-21(3)17-23/h5-8,15-17,19H,4,9-10,12-14,18H2,1-3H3. The van der Waals surface area contributed by atoms with Crippen LogP contribution >= 0.6 is 0 Å². The second-order valence-electron chi connectivity index (χ2n) is 8.99. The maximum atomic E-state index is 12.9. The summed E-state index contributed by atoms with van der Waals surface area (Å²) in [7, 11) is -3.62. The van der Waals surface area contributed by atoms with Crippen molar-refractivity contribution in [2.75, 3.05) is 31.1 Å². The van der Waals surface area contributed by atoms with Crippen molar-refractivity contribution in [2.24, 2.45) is 5.92 Å². The van der Waals surface area contributed by atoms with Crippen LogP contribution in [-0.4, -0.2) is 50.8 Å². The van der Waals surface area contributed by atoms with Crippen LogP contribution in [0.4, 0.5) is 5.69 Å². The molecule has 1 fully saturated rings. The molecule has 2 aromatic carbocycles. The van der Waals surface area contributed by atoms with Gasteiger partial charge in [-0.05, 0) is 80.1 Å². The number of esters is 1. The molecule has 0 atom stereocenters. The Morgan fingerprint density at radius 3 is 2.26 bits per heavy atom. The highest BCUT2D eigenvalue weighted by Gasteiger charge is 2.28. The Bertz CT molecular complexity index is 1190. The molecule has 0 saturated carbocycles. The van der Waals surface area contributed by atoms with E-state index >= 15 is 0 Å². The lowest BCUT2D eigenvalue weighted by Gasteiger charge is -2.29. The van der Waals surface area contributed by atoms with E-state index in [1.807, 2.05) is 38.1 Å². The van der Waals surface area contributed by atoms with Crippen LogP contribution in [0, 0.1) is 31.1 Å². The van der Waals surface area contributed by atoms with Gasteiger partial charge in [-0.1, -0.05) is 13.0 Å². The lowest BCUT2D eigenvalue weighted by atomic mass is 10.0. The second-order valence-corrected chi connectivity index (χ2v) is 10.9. The number of rotatable bonds is 8. The van der Waals surface area contributed by atoms with Gasteiger partial charge in [-0.15, -0.1) is 0 Å². The first-order valence-corrected chi connectivity index (χ1v) is 13.1. The van der Waals surface area contributed by atoms with Crippen molar-refractivity contribution in [2.45, 2.75) is 44.9 Å². The van der Waals surface area contributed by atoms with E-state index in [-0.39, 0.29) is 23.4 Å². The van der Waals surface area contributed by atoms with E-state index in [1.165, 1.54) is 33.5 Å². The largest absolute Gasteiger partial charge is 0.452 e. The van der Waals surface area contributed by atoms with Gasteiger partial charge in [0.05, 0.1) is 22.9 Å². The Hall–Kier alpha value is -3.22. The van der Waals surface area contributed by atoms with Gasteiger partial charge >= 0.3 is 5.97 Å². The average Bonchev–Trinajstić information content (AvgIpc) is 2.82. The molecule has 186 valence electrons. The van der Waals surface area contributed by atoms with Crippen LogP contribution < -0.4 is 4.90 Å². The van der Waals surface area contributed by atoms with Gasteiger partial charge in [0.1, 0.15) is 0 Å². The fourth-order valence-corrected chi connectivity index (χ4v) is 5.56. The molecule has 3 rings (SSSR count). The van der Waals surface area contributed by atoms with Crippen LogP contribution in [0.2, 0.25) is 0 Å². The normalized spacial score (nSPS) is 14.8. The molecule has 1 saturated heterocycles. The quantitative estimate of drug-likeness (QED) is 0.513. The number of carbonyl (C=O) groups excluding carboxylic acids is 2. The minimum Gasteiger partial charge on any atom is -0.452 e. The smallest absolute Gasteiger partial charge is 0.338 e. The first-order valence-electron chi connectivity index (χ1n) is 11.6. The van der Waals surface area contributed by atoms with Gasteiger partial charge in [-0.3, -0.25) is 4.79 Å². The number of anilines is 1. The summed E-state index contributed by atoms with van der Waals surface area (Å²) in [6, 6.07) is 13.3. The lowest BCUT2D eigenvalue weighted by Crippen LogP contribution is -2.37. The first kappa shape index (κ1) is 26.4. The van der Waals surface area contributed by atoms with Crippen LogP contribution in [0.25, 0.3) is 0 Å². The SMILES string of the molecule is Cc1cc(C)cc(N(CCC#N)C(=O)COC(=O)c2ccc(S(=O)(=O)N3CCC(C)CC3)cc2)c1. The summed E-state index contributed by atoms with van der Waals surface area (Å²) < 4.78 is 32.4. The minimum atomic E-state index is -3.62. The summed E-state index contributed by atoms with van der Waals surface area (Å²) in [5.74, 6) is -0.668. The molecule has 8 nitrogen and oxygen atoms in total. The minimum absolute atomic E-state index is 0.122. The summed E-state index contributed by atoms with van der Waals surface area (Å²) in [4.78, 5) is 26.9. The van der Waals surface area contributed by atoms with Crippen molar-refractivity contribution in [3.63, 3.8) is 0 Å². The Morgan fingerprint density at radius 1 is 1.09 bits per heavy atom. The van der Waals surface area contributed by atoms with Crippen LogP contribution in [0.3, 0.4) is 0 Å². The number of nitriles is 1. The molecule has 0 radical (unpaired) electrons. The third-order valence-corrected chi connectivity index (χ3v) is 7.98. The lowest BCUT2D eigenvalue weighted by molar-refractivity contribution is -0.121. The van der Waals surface area contributed by atoms with Gasteiger partial charge in [0, 0.05) is 25.3 Å². The molecule has 0 spiro atoms. The van der Waals surface area contributed by atoms with Crippen molar-refractivity contribution >= 4 is 27.6 Å². The van der Waals surface area contributed by atoms with Crippen LogP contribution in [0.5, 0.6) is 0 Å². The molecule has 0 aromatic heterocycles. The molecule has 0 N–H and O–H groups in total. The fourth-order valence-electron chi connectivity index (χ4n) is 4.09. The number of sulfonamides is 1. The molecule has 2 aromatic rings. The number of aryl methyl sites for hydroxylation is 2. The van der Waals surface area contributed by atoms with E-state index in [0.717, 1.165) is 24.0 Å². The number of hydrogen-bond donors (Lipinski definition) is 0. The van der Waals surface area contributed by atoms with Gasteiger partial charge in [0.15, 0.2) is 6.61 Å². The van der Waals surface area contributed by atoms with Crippen molar-refractivity contribution in [3.05, 3.63) is 59.2 Å². The third kappa shape index (κ3) is 6.68. The average molecular weight is 498 g/mol. The molecule has 1 amide bonds. The number of benzene rings is 2. The van der Waals surface area contributed by atoms with Gasteiger partial charge in [0.2, 0.25) is 10.0 Å². The third-order valence-electron chi connectivity index (χ3n) is 6.06. The van der Waals surface area contributed by atoms with Crippen LogP contribution in [0.1, 0.15) is 47.7 Å². The summed E-state index contributed by atoms with van der Waals surface area (Å²) in [6.45, 7) is 6.59. The van der Waals surface area contributed by atoms with E-state index in [4.69, 9.17) is 10.00 Å². The topological polar surface area (TPSA) is 108 Å². The van der Waals surface area contributed by atoms with Gasteiger partial charge in [-0.25, -0.2) is 13.2 Å². The zero-order valence-corrected chi connectivity index (χ0v) is 21.2. The molecule has 1 aliphatic rings. The van der Waals surface area contributed by atoms with Crippen LogP contribution in [-0.2, 0) is 19.6 Å². The maximum Gasteiger partial charge on any atom is 0.338 e. The maximum absolute atomic E-state index is 12.9. The van der Waals surface area contributed by atoms with E-state index < -0.39 is 28.5 Å². The molecule has 0 unspecified atom stereocenters. The van der Waals surface area contributed by atoms with E-state index in [2.05, 4.69) is 6.92 Å². The highest BCUT2D eigenvalue weighted by molar-refractivity contribution is 7.89. The predicted molar refractivity (Wildman–Crippen MR) is 132 cm³/mol.